The van der Waals surface area contributed by atoms with Crippen molar-refractivity contribution in [3.8, 4) is 12.3 Å². The van der Waals surface area contributed by atoms with Gasteiger partial charge in [0.2, 0.25) is 0 Å². The molecule has 0 bridgehead atoms. The molecule has 0 saturated heterocycles. The van der Waals surface area contributed by atoms with Gasteiger partial charge in [0.15, 0.2) is 5.88 Å². The molecule has 220 valence electrons. The van der Waals surface area contributed by atoms with Crippen LogP contribution in [0.25, 0.3) is 0 Å². The van der Waals surface area contributed by atoms with Gasteiger partial charge in [-0.05, 0) is 70.2 Å². The van der Waals surface area contributed by atoms with Crippen molar-refractivity contribution in [2.24, 2.45) is 10.8 Å². The van der Waals surface area contributed by atoms with Crippen LogP contribution in [0.5, 0.6) is 0 Å². The molecule has 0 N–H and O–H groups in total. The maximum atomic E-state index is 12.1. The summed E-state index contributed by atoms with van der Waals surface area (Å²) in [6.07, 6.45) is 18.1. The first-order chi connectivity index (χ1) is 17.8. The highest BCUT2D eigenvalue weighted by Crippen LogP contribution is 2.39. The van der Waals surface area contributed by atoms with Gasteiger partial charge >= 0.3 is 5.97 Å². The minimum absolute atomic E-state index is 0.0175. The van der Waals surface area contributed by atoms with Crippen LogP contribution in [0.3, 0.4) is 0 Å². The molecule has 5 nitrogen and oxygen atoms in total. The molecule has 0 atom stereocenters. The summed E-state index contributed by atoms with van der Waals surface area (Å²) >= 11 is 0. The zero-order valence-corrected chi connectivity index (χ0v) is 26.1. The Balaban J connectivity index is 4.75. The number of hydrogen-bond acceptors (Lipinski definition) is 5. The predicted molar refractivity (Wildman–Crippen MR) is 163 cm³/mol. The lowest BCUT2D eigenvalue weighted by Crippen LogP contribution is -2.33. The number of carbonyl (C=O) groups is 1. The largest absolute Gasteiger partial charge is 0.479 e. The first kappa shape index (κ1) is 36.1. The minimum atomic E-state index is -0.242. The smallest absolute Gasteiger partial charge is 0.307 e. The minimum Gasteiger partial charge on any atom is -0.479 e. The maximum absolute atomic E-state index is 12.1. The number of unbranched alkanes of at least 4 members (excludes halogenated alkanes) is 5. The van der Waals surface area contributed by atoms with Gasteiger partial charge in [-0.2, -0.15) is 0 Å². The molecule has 0 radical (unpaired) electrons. The lowest BCUT2D eigenvalue weighted by atomic mass is 9.72. The lowest BCUT2D eigenvalue weighted by Gasteiger charge is -2.36. The Morgan fingerprint density at radius 1 is 0.868 bits per heavy atom. The van der Waals surface area contributed by atoms with Gasteiger partial charge in [0.25, 0.3) is 0 Å². The van der Waals surface area contributed by atoms with Crippen LogP contribution in [-0.4, -0.2) is 62.7 Å². The van der Waals surface area contributed by atoms with E-state index in [4.69, 9.17) is 15.9 Å². The van der Waals surface area contributed by atoms with Gasteiger partial charge in [-0.25, -0.2) is 0 Å². The molecular weight excluding hydrogens is 472 g/mol. The predicted octanol–water partition coefficient (Wildman–Crippen LogP) is 7.82. The average molecular weight is 533 g/mol. The van der Waals surface area contributed by atoms with Gasteiger partial charge in [0, 0.05) is 19.5 Å². The third kappa shape index (κ3) is 20.1. The Kier molecular flexibility index (Phi) is 19.0. The summed E-state index contributed by atoms with van der Waals surface area (Å²) in [4.78, 5) is 16.3. The van der Waals surface area contributed by atoms with Crippen LogP contribution in [0.15, 0.2) is 24.6 Å². The molecular formula is C33H60N2O3. The van der Waals surface area contributed by atoms with Crippen LogP contribution >= 0.6 is 0 Å². The van der Waals surface area contributed by atoms with E-state index in [0.29, 0.717) is 25.5 Å². The summed E-state index contributed by atoms with van der Waals surface area (Å²) in [6, 6.07) is 0. The molecule has 0 aromatic rings. The van der Waals surface area contributed by atoms with Crippen LogP contribution in [-0.2, 0) is 14.3 Å². The summed E-state index contributed by atoms with van der Waals surface area (Å²) < 4.78 is 11.4. The summed E-state index contributed by atoms with van der Waals surface area (Å²) in [5.41, 5.74) is 1.50. The number of carbonyl (C=O) groups excluding carboxylic acids is 1. The van der Waals surface area contributed by atoms with E-state index in [2.05, 4.69) is 77.6 Å². The zero-order valence-electron chi connectivity index (χ0n) is 26.1. The fraction of sp³-hybridized carbons (Fsp3) is 0.788. The van der Waals surface area contributed by atoms with Crippen LogP contribution in [0.2, 0.25) is 0 Å². The van der Waals surface area contributed by atoms with Crippen molar-refractivity contribution in [1.82, 2.24) is 9.80 Å². The first-order valence-corrected chi connectivity index (χ1v) is 14.8. The molecule has 0 aromatic heterocycles. The van der Waals surface area contributed by atoms with Gasteiger partial charge in [-0.3, -0.25) is 4.79 Å². The molecule has 0 saturated carbocycles. The zero-order chi connectivity index (χ0) is 29.0. The molecule has 0 unspecified atom stereocenters. The Morgan fingerprint density at radius 2 is 1.53 bits per heavy atom. The Bertz CT molecular complexity index is 718. The van der Waals surface area contributed by atoms with E-state index in [0.717, 1.165) is 38.8 Å². The standard InChI is InChI=1S/C33H60N2O3/c1-11-13-15-16-17-18-20-29(3)26-32(5,6)27-33(7,8)28-38-30(4)35(23-19-22-34(9)10)24-21-31(36)37-25-14-12-2/h2H,3-4,11,13-28H2,1,5-10H3. The van der Waals surface area contributed by atoms with E-state index in [1.54, 1.807) is 0 Å². The molecule has 0 heterocycles. The van der Waals surface area contributed by atoms with Gasteiger partial charge in [-0.1, -0.05) is 78.9 Å². The summed E-state index contributed by atoms with van der Waals surface area (Å²) in [5.74, 6) is 2.87. The topological polar surface area (TPSA) is 42.0 Å². The van der Waals surface area contributed by atoms with E-state index < -0.39 is 0 Å². The molecule has 0 rings (SSSR count). The molecule has 0 aliphatic heterocycles. The number of rotatable bonds is 24. The first-order valence-electron chi connectivity index (χ1n) is 14.8. The van der Waals surface area contributed by atoms with Gasteiger partial charge in [-0.15, -0.1) is 12.3 Å². The van der Waals surface area contributed by atoms with E-state index in [-0.39, 0.29) is 29.8 Å². The fourth-order valence-electron chi connectivity index (χ4n) is 5.16. The Hall–Kier alpha value is -1.93. The number of allylic oxidation sites excluding steroid dienone is 1. The van der Waals surface area contributed by atoms with Crippen molar-refractivity contribution in [3.63, 3.8) is 0 Å². The molecule has 0 aliphatic carbocycles. The lowest BCUT2D eigenvalue weighted by molar-refractivity contribution is -0.143. The van der Waals surface area contributed by atoms with Crippen molar-refractivity contribution in [2.45, 2.75) is 112 Å². The van der Waals surface area contributed by atoms with Crippen molar-refractivity contribution in [1.29, 1.82) is 0 Å². The third-order valence-electron chi connectivity index (χ3n) is 6.68. The maximum Gasteiger partial charge on any atom is 0.307 e. The molecule has 0 fully saturated rings. The van der Waals surface area contributed by atoms with Crippen molar-refractivity contribution >= 4 is 5.97 Å². The number of hydrogen-bond donors (Lipinski definition) is 0. The van der Waals surface area contributed by atoms with Crippen LogP contribution < -0.4 is 0 Å². The molecule has 0 amide bonds. The van der Waals surface area contributed by atoms with Crippen molar-refractivity contribution < 1.29 is 14.3 Å². The highest BCUT2D eigenvalue weighted by Gasteiger charge is 2.30. The number of ether oxygens (including phenoxy) is 2. The Morgan fingerprint density at radius 3 is 2.16 bits per heavy atom. The summed E-state index contributed by atoms with van der Waals surface area (Å²) in [6.45, 7) is 23.2. The number of terminal acetylenes is 1. The molecule has 0 spiro atoms. The number of esters is 1. The van der Waals surface area contributed by atoms with Gasteiger partial charge in [0.1, 0.15) is 6.61 Å². The second-order valence-electron chi connectivity index (χ2n) is 12.7. The van der Waals surface area contributed by atoms with Crippen molar-refractivity contribution in [2.75, 3.05) is 46.9 Å². The molecule has 0 aromatic carbocycles. The highest BCUT2D eigenvalue weighted by molar-refractivity contribution is 5.69. The SMILES string of the molecule is C#CCCOC(=O)CCN(CCCN(C)C)C(=C)OCC(C)(C)CC(C)(C)CC(=C)CCCCCCCC. The molecule has 38 heavy (non-hydrogen) atoms. The second-order valence-corrected chi connectivity index (χ2v) is 12.7. The fourth-order valence-corrected chi connectivity index (χ4v) is 5.16. The van der Waals surface area contributed by atoms with Crippen molar-refractivity contribution in [3.05, 3.63) is 24.6 Å². The molecule has 0 aliphatic rings. The van der Waals surface area contributed by atoms with Crippen LogP contribution in [0.4, 0.5) is 0 Å². The van der Waals surface area contributed by atoms with Crippen LogP contribution in [0, 0.1) is 23.2 Å². The summed E-state index contributed by atoms with van der Waals surface area (Å²) in [5, 5.41) is 0. The third-order valence-corrected chi connectivity index (χ3v) is 6.68. The average Bonchev–Trinajstić information content (AvgIpc) is 2.80. The quantitative estimate of drug-likeness (QED) is 0.0417. The summed E-state index contributed by atoms with van der Waals surface area (Å²) in [7, 11) is 4.12. The monoisotopic (exact) mass is 532 g/mol. The van der Waals surface area contributed by atoms with Gasteiger partial charge < -0.3 is 19.3 Å². The second kappa shape index (κ2) is 20.0. The highest BCUT2D eigenvalue weighted by atomic mass is 16.5. The normalized spacial score (nSPS) is 11.8. The van der Waals surface area contributed by atoms with Crippen LogP contribution in [0.1, 0.15) is 112 Å². The Labute approximate surface area is 236 Å². The van der Waals surface area contributed by atoms with E-state index in [9.17, 15) is 4.79 Å². The van der Waals surface area contributed by atoms with Gasteiger partial charge in [0.05, 0.1) is 13.0 Å². The molecule has 5 heteroatoms. The van der Waals surface area contributed by atoms with E-state index in [1.807, 2.05) is 0 Å². The van der Waals surface area contributed by atoms with E-state index in [1.165, 1.54) is 44.1 Å². The number of nitrogens with zero attached hydrogens (tertiary/aromatic N) is 2. The van der Waals surface area contributed by atoms with E-state index >= 15 is 0 Å².